The fourth-order valence-electron chi connectivity index (χ4n) is 1.29. The molecular formula is C16H28. The van der Waals surface area contributed by atoms with E-state index in [-0.39, 0.29) is 0 Å². The summed E-state index contributed by atoms with van der Waals surface area (Å²) in [6.07, 6.45) is 13.1. The second-order valence-corrected chi connectivity index (χ2v) is 3.07. The van der Waals surface area contributed by atoms with Crippen LogP contribution in [-0.4, -0.2) is 0 Å². The van der Waals surface area contributed by atoms with Crippen molar-refractivity contribution in [3.8, 4) is 0 Å². The molecule has 0 aliphatic heterocycles. The molecule has 16 heavy (non-hydrogen) atoms. The molecule has 0 heterocycles. The Morgan fingerprint density at radius 1 is 0.812 bits per heavy atom. The highest BCUT2D eigenvalue weighted by atomic mass is 14.1. The zero-order valence-corrected chi connectivity index (χ0v) is 12.0. The summed E-state index contributed by atoms with van der Waals surface area (Å²) in [5, 5.41) is 0. The molecule has 0 aromatic rings. The van der Waals surface area contributed by atoms with Crippen molar-refractivity contribution in [2.24, 2.45) is 5.92 Å². The van der Waals surface area contributed by atoms with Gasteiger partial charge >= 0.3 is 0 Å². The van der Waals surface area contributed by atoms with Crippen LogP contribution in [0.3, 0.4) is 0 Å². The Balaban J connectivity index is 0. The van der Waals surface area contributed by atoms with E-state index in [0.717, 1.165) is 0 Å². The lowest BCUT2D eigenvalue weighted by molar-refractivity contribution is 0.943. The summed E-state index contributed by atoms with van der Waals surface area (Å²) < 4.78 is 0. The molecule has 0 fully saturated rings. The molecule has 0 N–H and O–H groups in total. The molecule has 0 amide bonds. The van der Waals surface area contributed by atoms with Crippen molar-refractivity contribution in [2.75, 3.05) is 0 Å². The molecule has 1 aliphatic carbocycles. The highest BCUT2D eigenvalue weighted by Crippen LogP contribution is 2.19. The van der Waals surface area contributed by atoms with E-state index in [9.17, 15) is 0 Å². The minimum absolute atomic E-state index is 0.553. The molecule has 0 unspecified atom stereocenters. The molecule has 0 saturated carbocycles. The van der Waals surface area contributed by atoms with Gasteiger partial charge in [-0.15, -0.1) is 0 Å². The number of rotatable bonds is 0. The Morgan fingerprint density at radius 2 is 1.12 bits per heavy atom. The van der Waals surface area contributed by atoms with Gasteiger partial charge < -0.3 is 0 Å². The van der Waals surface area contributed by atoms with Gasteiger partial charge in [0, 0.05) is 0 Å². The highest BCUT2D eigenvalue weighted by molar-refractivity contribution is 5.47. The second kappa shape index (κ2) is 12.0. The maximum Gasteiger partial charge on any atom is -0.00752 e. The van der Waals surface area contributed by atoms with Gasteiger partial charge in [-0.1, -0.05) is 71.1 Å². The van der Waals surface area contributed by atoms with Gasteiger partial charge in [0.05, 0.1) is 0 Å². The van der Waals surface area contributed by atoms with Crippen molar-refractivity contribution >= 4 is 0 Å². The topological polar surface area (TPSA) is 0 Å². The number of allylic oxidation sites excluding steroid dienone is 8. The summed E-state index contributed by atoms with van der Waals surface area (Å²) in [6.45, 7) is 14.3. The van der Waals surface area contributed by atoms with Crippen LogP contribution in [0.2, 0.25) is 0 Å². The average molecular weight is 220 g/mol. The Labute approximate surface area is 102 Å². The standard InChI is InChI=1S/C12H16.2C2H6/c1-4-11-8-6-10(3)7-9-12(11)5-2;2*1-2/h4-10H,1-3H3;2*1-2H3/b11-4-,12-5-;;. The molecule has 0 spiro atoms. The lowest BCUT2D eigenvalue weighted by Gasteiger charge is -1.98. The van der Waals surface area contributed by atoms with Crippen molar-refractivity contribution in [3.05, 3.63) is 47.6 Å². The summed E-state index contributed by atoms with van der Waals surface area (Å²) in [5.74, 6) is 0.553. The van der Waals surface area contributed by atoms with Crippen LogP contribution in [-0.2, 0) is 0 Å². The smallest absolute Gasteiger partial charge is 0.00752 e. The Morgan fingerprint density at radius 3 is 1.38 bits per heavy atom. The lowest BCUT2D eigenvalue weighted by Crippen LogP contribution is -1.79. The maximum atomic E-state index is 2.22. The molecule has 1 rings (SSSR count). The van der Waals surface area contributed by atoms with Gasteiger partial charge in [0.2, 0.25) is 0 Å². The van der Waals surface area contributed by atoms with Gasteiger partial charge in [0.1, 0.15) is 0 Å². The summed E-state index contributed by atoms with van der Waals surface area (Å²) in [7, 11) is 0. The number of hydrogen-bond acceptors (Lipinski definition) is 0. The van der Waals surface area contributed by atoms with E-state index in [0.29, 0.717) is 5.92 Å². The predicted octanol–water partition coefficient (Wildman–Crippen LogP) is 5.69. The maximum absolute atomic E-state index is 2.22. The first-order valence-electron chi connectivity index (χ1n) is 6.47. The minimum atomic E-state index is 0.553. The van der Waals surface area contributed by atoms with E-state index in [1.165, 1.54) is 11.1 Å². The van der Waals surface area contributed by atoms with Crippen LogP contribution in [0, 0.1) is 5.92 Å². The first-order valence-corrected chi connectivity index (χ1v) is 6.47. The predicted molar refractivity (Wildman–Crippen MR) is 77.7 cm³/mol. The van der Waals surface area contributed by atoms with Crippen LogP contribution in [0.5, 0.6) is 0 Å². The van der Waals surface area contributed by atoms with Crippen molar-refractivity contribution < 1.29 is 0 Å². The normalized spacial score (nSPS) is 19.7. The molecule has 0 saturated heterocycles. The third kappa shape index (κ3) is 6.44. The molecule has 0 nitrogen and oxygen atoms in total. The lowest BCUT2D eigenvalue weighted by atomic mass is 10.1. The van der Waals surface area contributed by atoms with Gasteiger partial charge in [0.15, 0.2) is 0 Å². The molecule has 92 valence electrons. The Bertz CT molecular complexity index is 234. The third-order valence-corrected chi connectivity index (χ3v) is 2.11. The van der Waals surface area contributed by atoms with Crippen LogP contribution in [0.1, 0.15) is 48.5 Å². The van der Waals surface area contributed by atoms with Crippen LogP contribution >= 0.6 is 0 Å². The molecular weight excluding hydrogens is 192 g/mol. The first-order chi connectivity index (χ1) is 7.77. The van der Waals surface area contributed by atoms with Gasteiger partial charge in [0.25, 0.3) is 0 Å². The Hall–Kier alpha value is -1.04. The van der Waals surface area contributed by atoms with E-state index in [2.05, 4.69) is 57.2 Å². The van der Waals surface area contributed by atoms with Gasteiger partial charge in [-0.2, -0.15) is 0 Å². The average Bonchev–Trinajstić information content (AvgIpc) is 2.55. The van der Waals surface area contributed by atoms with Crippen molar-refractivity contribution in [2.45, 2.75) is 48.5 Å². The molecule has 0 radical (unpaired) electrons. The van der Waals surface area contributed by atoms with Gasteiger partial charge in [-0.25, -0.2) is 0 Å². The van der Waals surface area contributed by atoms with Crippen molar-refractivity contribution in [1.82, 2.24) is 0 Å². The Kier molecular flexibility index (Phi) is 13.1. The van der Waals surface area contributed by atoms with Crippen LogP contribution < -0.4 is 0 Å². The minimum Gasteiger partial charge on any atom is -0.0798 e. The first kappa shape index (κ1) is 17.4. The largest absolute Gasteiger partial charge is 0.0798 e. The summed E-state index contributed by atoms with van der Waals surface area (Å²) in [5.41, 5.74) is 2.64. The van der Waals surface area contributed by atoms with Crippen molar-refractivity contribution in [1.29, 1.82) is 0 Å². The monoisotopic (exact) mass is 220 g/mol. The van der Waals surface area contributed by atoms with E-state index in [1.807, 2.05) is 27.7 Å². The summed E-state index contributed by atoms with van der Waals surface area (Å²) in [4.78, 5) is 0. The molecule has 1 aliphatic rings. The van der Waals surface area contributed by atoms with Crippen LogP contribution in [0.4, 0.5) is 0 Å². The number of hydrogen-bond donors (Lipinski definition) is 0. The second-order valence-electron chi connectivity index (χ2n) is 3.07. The summed E-state index contributed by atoms with van der Waals surface area (Å²) in [6, 6.07) is 0. The van der Waals surface area contributed by atoms with Gasteiger partial charge in [-0.05, 0) is 30.9 Å². The summed E-state index contributed by atoms with van der Waals surface area (Å²) >= 11 is 0. The van der Waals surface area contributed by atoms with Crippen LogP contribution in [0.15, 0.2) is 47.6 Å². The molecule has 0 heteroatoms. The van der Waals surface area contributed by atoms with E-state index < -0.39 is 0 Å². The van der Waals surface area contributed by atoms with Crippen molar-refractivity contribution in [3.63, 3.8) is 0 Å². The molecule has 0 bridgehead atoms. The SMILES string of the molecule is C/C=C1/C=CC(C)C=C/C1=C/C.CC.CC. The molecule has 0 aromatic heterocycles. The molecule has 0 aromatic carbocycles. The van der Waals surface area contributed by atoms with E-state index >= 15 is 0 Å². The third-order valence-electron chi connectivity index (χ3n) is 2.11. The highest BCUT2D eigenvalue weighted by Gasteiger charge is 2.01. The van der Waals surface area contributed by atoms with E-state index in [1.54, 1.807) is 0 Å². The van der Waals surface area contributed by atoms with Gasteiger partial charge in [-0.3, -0.25) is 0 Å². The molecule has 0 atom stereocenters. The van der Waals surface area contributed by atoms with Crippen LogP contribution in [0.25, 0.3) is 0 Å². The van der Waals surface area contributed by atoms with E-state index in [4.69, 9.17) is 0 Å². The zero-order valence-electron chi connectivity index (χ0n) is 12.0. The fourth-order valence-corrected chi connectivity index (χ4v) is 1.29. The quantitative estimate of drug-likeness (QED) is 0.491. The zero-order chi connectivity index (χ0) is 13.0. The fraction of sp³-hybridized carbons (Fsp3) is 0.500.